The average molecular weight is 208 g/mol. The van der Waals surface area contributed by atoms with Crippen molar-refractivity contribution in [3.8, 4) is 0 Å². The van der Waals surface area contributed by atoms with Gasteiger partial charge in [0.25, 0.3) is 0 Å². The maximum absolute atomic E-state index is 12.8. The number of hydrogen-bond donors (Lipinski definition) is 0. The fourth-order valence-electron chi connectivity index (χ4n) is 1.77. The molecule has 1 heteroatoms. The Balaban J connectivity index is 2.37. The van der Waals surface area contributed by atoms with Crippen LogP contribution in [0.5, 0.6) is 0 Å². The molecule has 0 bridgehead atoms. The SMILES string of the molecule is CCC/C=C\CC(C)C1=CC=C(F)CC1. The molecule has 1 atom stereocenters. The van der Waals surface area contributed by atoms with Crippen molar-refractivity contribution in [2.75, 3.05) is 0 Å². The molecule has 0 aromatic carbocycles. The first-order valence-electron chi connectivity index (χ1n) is 5.94. The van der Waals surface area contributed by atoms with Gasteiger partial charge < -0.3 is 0 Å². The van der Waals surface area contributed by atoms with Crippen molar-refractivity contribution >= 4 is 0 Å². The van der Waals surface area contributed by atoms with Crippen LogP contribution in [0.25, 0.3) is 0 Å². The van der Waals surface area contributed by atoms with Gasteiger partial charge in [-0.25, -0.2) is 4.39 Å². The van der Waals surface area contributed by atoms with Crippen LogP contribution < -0.4 is 0 Å². The number of unbranched alkanes of at least 4 members (excludes halogenated alkanes) is 1. The maximum atomic E-state index is 12.8. The van der Waals surface area contributed by atoms with Crippen LogP contribution in [0.15, 0.2) is 35.7 Å². The van der Waals surface area contributed by atoms with Crippen molar-refractivity contribution in [2.24, 2.45) is 5.92 Å². The van der Waals surface area contributed by atoms with Crippen LogP contribution in [0.1, 0.15) is 46.0 Å². The molecule has 0 fully saturated rings. The summed E-state index contributed by atoms with van der Waals surface area (Å²) in [5.41, 5.74) is 1.39. The normalized spacial score (nSPS) is 18.9. The molecule has 0 radical (unpaired) electrons. The Morgan fingerprint density at radius 3 is 2.73 bits per heavy atom. The van der Waals surface area contributed by atoms with Crippen LogP contribution in [-0.2, 0) is 0 Å². The third kappa shape index (κ3) is 4.46. The molecular formula is C14H21F. The molecule has 0 heterocycles. The summed E-state index contributed by atoms with van der Waals surface area (Å²) < 4.78 is 12.8. The van der Waals surface area contributed by atoms with Crippen LogP contribution in [-0.4, -0.2) is 0 Å². The summed E-state index contributed by atoms with van der Waals surface area (Å²) >= 11 is 0. The third-order valence-corrected chi connectivity index (χ3v) is 2.88. The molecule has 0 aliphatic heterocycles. The van der Waals surface area contributed by atoms with Crippen molar-refractivity contribution in [1.29, 1.82) is 0 Å². The smallest absolute Gasteiger partial charge is 0.100 e. The molecule has 1 aliphatic carbocycles. The van der Waals surface area contributed by atoms with E-state index in [0.717, 1.165) is 12.8 Å². The van der Waals surface area contributed by atoms with Gasteiger partial charge >= 0.3 is 0 Å². The Morgan fingerprint density at radius 2 is 2.13 bits per heavy atom. The van der Waals surface area contributed by atoms with Gasteiger partial charge in [0.1, 0.15) is 5.83 Å². The van der Waals surface area contributed by atoms with E-state index in [1.54, 1.807) is 6.08 Å². The van der Waals surface area contributed by atoms with Gasteiger partial charge in [-0.05, 0) is 31.3 Å². The zero-order valence-electron chi connectivity index (χ0n) is 9.80. The lowest BCUT2D eigenvalue weighted by molar-refractivity contribution is 0.557. The van der Waals surface area contributed by atoms with Crippen molar-refractivity contribution in [3.63, 3.8) is 0 Å². The minimum Gasteiger partial charge on any atom is -0.212 e. The number of allylic oxidation sites excluding steroid dienone is 6. The molecule has 0 N–H and O–H groups in total. The van der Waals surface area contributed by atoms with Crippen LogP contribution >= 0.6 is 0 Å². The van der Waals surface area contributed by atoms with Gasteiger partial charge in [-0.15, -0.1) is 0 Å². The van der Waals surface area contributed by atoms with Crippen molar-refractivity contribution in [2.45, 2.75) is 46.0 Å². The van der Waals surface area contributed by atoms with Gasteiger partial charge in [0.2, 0.25) is 0 Å². The summed E-state index contributed by atoms with van der Waals surface area (Å²) in [6.07, 6.45) is 13.0. The molecular weight excluding hydrogens is 187 g/mol. The van der Waals surface area contributed by atoms with Gasteiger partial charge in [0.15, 0.2) is 0 Å². The summed E-state index contributed by atoms with van der Waals surface area (Å²) in [5.74, 6) is 0.579. The molecule has 0 spiro atoms. The second-order valence-electron chi connectivity index (χ2n) is 4.25. The zero-order chi connectivity index (χ0) is 11.1. The summed E-state index contributed by atoms with van der Waals surface area (Å²) in [4.78, 5) is 0. The Labute approximate surface area is 92.6 Å². The molecule has 0 amide bonds. The molecule has 0 saturated heterocycles. The van der Waals surface area contributed by atoms with Gasteiger partial charge in [-0.3, -0.25) is 0 Å². The zero-order valence-corrected chi connectivity index (χ0v) is 9.80. The highest BCUT2D eigenvalue weighted by atomic mass is 19.1. The first kappa shape index (κ1) is 12.2. The highest BCUT2D eigenvalue weighted by Gasteiger charge is 2.11. The van der Waals surface area contributed by atoms with E-state index in [2.05, 4.69) is 26.0 Å². The topological polar surface area (TPSA) is 0 Å². The Morgan fingerprint density at radius 1 is 1.33 bits per heavy atom. The molecule has 15 heavy (non-hydrogen) atoms. The molecule has 1 aliphatic rings. The standard InChI is InChI=1S/C14H21F/c1-3-4-5-6-7-12(2)13-8-10-14(15)11-9-13/h5-6,8,10,12H,3-4,7,9,11H2,1-2H3/b6-5-. The molecule has 0 aromatic heterocycles. The van der Waals surface area contributed by atoms with Crippen LogP contribution in [0.2, 0.25) is 0 Å². The van der Waals surface area contributed by atoms with Crippen molar-refractivity contribution in [1.82, 2.24) is 0 Å². The third-order valence-electron chi connectivity index (χ3n) is 2.88. The number of halogens is 1. The fourth-order valence-corrected chi connectivity index (χ4v) is 1.77. The Hall–Kier alpha value is -0.850. The summed E-state index contributed by atoms with van der Waals surface area (Å²) in [5, 5.41) is 0. The van der Waals surface area contributed by atoms with E-state index >= 15 is 0 Å². The molecule has 1 unspecified atom stereocenters. The maximum Gasteiger partial charge on any atom is 0.100 e. The lowest BCUT2D eigenvalue weighted by Crippen LogP contribution is -2.01. The van der Waals surface area contributed by atoms with E-state index in [1.807, 2.05) is 6.08 Å². The fraction of sp³-hybridized carbons (Fsp3) is 0.571. The summed E-state index contributed by atoms with van der Waals surface area (Å²) in [7, 11) is 0. The highest BCUT2D eigenvalue weighted by Crippen LogP contribution is 2.26. The lowest BCUT2D eigenvalue weighted by Gasteiger charge is -2.16. The van der Waals surface area contributed by atoms with Crippen molar-refractivity contribution < 1.29 is 4.39 Å². The minimum atomic E-state index is 0.0208. The van der Waals surface area contributed by atoms with Gasteiger partial charge in [0, 0.05) is 6.42 Å². The first-order chi connectivity index (χ1) is 7.24. The molecule has 1 rings (SSSR count). The van der Waals surface area contributed by atoms with E-state index in [1.165, 1.54) is 18.4 Å². The van der Waals surface area contributed by atoms with Gasteiger partial charge in [-0.1, -0.05) is 44.1 Å². The Kier molecular flexibility index (Phi) is 5.38. The largest absolute Gasteiger partial charge is 0.212 e. The van der Waals surface area contributed by atoms with Gasteiger partial charge in [0.05, 0.1) is 0 Å². The van der Waals surface area contributed by atoms with Crippen LogP contribution in [0.4, 0.5) is 4.39 Å². The minimum absolute atomic E-state index is 0.0208. The van der Waals surface area contributed by atoms with E-state index < -0.39 is 0 Å². The van der Waals surface area contributed by atoms with E-state index in [4.69, 9.17) is 0 Å². The van der Waals surface area contributed by atoms with E-state index in [9.17, 15) is 4.39 Å². The predicted molar refractivity (Wildman–Crippen MR) is 64.3 cm³/mol. The summed E-state index contributed by atoms with van der Waals surface area (Å²) in [6.45, 7) is 4.41. The highest BCUT2D eigenvalue weighted by molar-refractivity contribution is 5.22. The lowest BCUT2D eigenvalue weighted by atomic mass is 9.90. The second-order valence-corrected chi connectivity index (χ2v) is 4.25. The molecule has 84 valence electrons. The second kappa shape index (κ2) is 6.60. The van der Waals surface area contributed by atoms with Crippen LogP contribution in [0, 0.1) is 5.92 Å². The number of rotatable bonds is 5. The first-order valence-corrected chi connectivity index (χ1v) is 5.94. The van der Waals surface area contributed by atoms with Crippen molar-refractivity contribution in [3.05, 3.63) is 35.7 Å². The summed E-state index contributed by atoms with van der Waals surface area (Å²) in [6, 6.07) is 0. The average Bonchev–Trinajstić information content (AvgIpc) is 2.25. The predicted octanol–water partition coefficient (Wildman–Crippen LogP) is 4.94. The molecule has 0 saturated carbocycles. The molecule has 0 aromatic rings. The van der Waals surface area contributed by atoms with E-state index in [-0.39, 0.29) is 5.83 Å². The monoisotopic (exact) mass is 208 g/mol. The Bertz CT molecular complexity index is 271. The van der Waals surface area contributed by atoms with Crippen LogP contribution in [0.3, 0.4) is 0 Å². The number of hydrogen-bond acceptors (Lipinski definition) is 0. The molecule has 0 nitrogen and oxygen atoms in total. The quantitative estimate of drug-likeness (QED) is 0.561. The van der Waals surface area contributed by atoms with E-state index in [0.29, 0.717) is 12.3 Å². The van der Waals surface area contributed by atoms with Gasteiger partial charge in [-0.2, -0.15) is 0 Å².